The fourth-order valence-corrected chi connectivity index (χ4v) is 5.30. The molecule has 6 nitrogen and oxygen atoms in total. The SMILES string of the molecule is O=C(N[C@@H]1CCCc2cc(F)ccc21)c1ccc2nc(C3C=CC=CC3)c(CCCCC(O)O)nc2c1. The first-order chi connectivity index (χ1) is 18.0. The monoisotopic (exact) mass is 501 g/mol. The molecule has 0 bridgehead atoms. The van der Waals surface area contributed by atoms with Crippen molar-refractivity contribution in [3.8, 4) is 0 Å². The summed E-state index contributed by atoms with van der Waals surface area (Å²) >= 11 is 0. The van der Waals surface area contributed by atoms with Crippen LogP contribution in [0.15, 0.2) is 60.7 Å². The molecule has 5 rings (SSSR count). The maximum atomic E-state index is 13.7. The molecule has 2 atom stereocenters. The van der Waals surface area contributed by atoms with E-state index in [4.69, 9.17) is 9.97 Å². The van der Waals surface area contributed by atoms with Crippen LogP contribution in [0.4, 0.5) is 4.39 Å². The number of benzene rings is 2. The molecule has 2 aliphatic rings. The van der Waals surface area contributed by atoms with Crippen molar-refractivity contribution in [2.24, 2.45) is 0 Å². The molecule has 1 unspecified atom stereocenters. The lowest BCUT2D eigenvalue weighted by Gasteiger charge is -2.26. The third-order valence-corrected chi connectivity index (χ3v) is 7.21. The number of aryl methyl sites for hydroxylation is 2. The van der Waals surface area contributed by atoms with Crippen LogP contribution in [0.25, 0.3) is 11.0 Å². The number of nitrogens with zero attached hydrogens (tertiary/aromatic N) is 2. The van der Waals surface area contributed by atoms with Crippen LogP contribution in [0.3, 0.4) is 0 Å². The number of aliphatic hydroxyl groups excluding tert-OH is 1. The van der Waals surface area contributed by atoms with Crippen LogP contribution < -0.4 is 5.32 Å². The van der Waals surface area contributed by atoms with E-state index in [2.05, 4.69) is 17.5 Å². The molecule has 3 N–H and O–H groups in total. The van der Waals surface area contributed by atoms with Crippen LogP contribution in [0.5, 0.6) is 0 Å². The highest BCUT2D eigenvalue weighted by Crippen LogP contribution is 2.31. The summed E-state index contributed by atoms with van der Waals surface area (Å²) < 4.78 is 13.7. The largest absolute Gasteiger partial charge is 0.368 e. The molecular weight excluding hydrogens is 469 g/mol. The van der Waals surface area contributed by atoms with Gasteiger partial charge in [0, 0.05) is 11.5 Å². The Hall–Kier alpha value is -3.42. The number of carbonyl (C=O) groups excluding carboxylic acids is 1. The van der Waals surface area contributed by atoms with Gasteiger partial charge in [0.05, 0.1) is 28.5 Å². The number of hydrogen-bond donors (Lipinski definition) is 3. The van der Waals surface area contributed by atoms with E-state index in [1.807, 2.05) is 18.2 Å². The maximum absolute atomic E-state index is 13.7. The highest BCUT2D eigenvalue weighted by Gasteiger charge is 2.23. The zero-order chi connectivity index (χ0) is 25.8. The number of hydrogen-bond acceptors (Lipinski definition) is 5. The summed E-state index contributed by atoms with van der Waals surface area (Å²) in [5, 5.41) is 21.5. The van der Waals surface area contributed by atoms with Gasteiger partial charge in [-0.05, 0) is 92.8 Å². The fourth-order valence-electron chi connectivity index (χ4n) is 5.30. The zero-order valence-corrected chi connectivity index (χ0v) is 20.7. The predicted molar refractivity (Wildman–Crippen MR) is 141 cm³/mol. The first-order valence-corrected chi connectivity index (χ1v) is 13.1. The summed E-state index contributed by atoms with van der Waals surface area (Å²) in [4.78, 5) is 23.1. The Bertz CT molecular complexity index is 1350. The van der Waals surface area contributed by atoms with Gasteiger partial charge in [0.15, 0.2) is 6.29 Å². The van der Waals surface area contributed by atoms with Gasteiger partial charge in [0.25, 0.3) is 5.91 Å². The molecule has 1 heterocycles. The molecule has 37 heavy (non-hydrogen) atoms. The number of aliphatic hydroxyl groups is 2. The Labute approximate surface area is 216 Å². The second kappa shape index (κ2) is 11.3. The standard InChI is InChI=1S/C30H32FN3O3/c31-22-14-15-23-20(17-22)9-6-11-24(23)34-30(37)21-13-16-25-27(18-21)32-26(10-4-5-12-28(35)36)29(33-25)19-7-2-1-3-8-19/h1-3,7,13-19,24,28,35-36H,4-6,8-12H2,(H,34,37)/t19?,24-/m1/s1. The summed E-state index contributed by atoms with van der Waals surface area (Å²) in [7, 11) is 0. The number of carbonyl (C=O) groups is 1. The first kappa shape index (κ1) is 25.2. The highest BCUT2D eigenvalue weighted by molar-refractivity contribution is 5.97. The zero-order valence-electron chi connectivity index (χ0n) is 20.7. The molecule has 1 aromatic heterocycles. The van der Waals surface area contributed by atoms with E-state index in [1.54, 1.807) is 24.3 Å². The molecule has 0 spiro atoms. The summed E-state index contributed by atoms with van der Waals surface area (Å²) in [5.41, 5.74) is 5.66. The number of rotatable bonds is 8. The average molecular weight is 502 g/mol. The van der Waals surface area contributed by atoms with Gasteiger partial charge in [-0.3, -0.25) is 4.79 Å². The first-order valence-electron chi connectivity index (χ1n) is 13.1. The molecule has 7 heteroatoms. The highest BCUT2D eigenvalue weighted by atomic mass is 19.1. The average Bonchev–Trinajstić information content (AvgIpc) is 2.90. The number of amides is 1. The van der Waals surface area contributed by atoms with Crippen LogP contribution in [-0.2, 0) is 12.8 Å². The molecule has 192 valence electrons. The van der Waals surface area contributed by atoms with Crippen LogP contribution in [0, 0.1) is 5.82 Å². The molecule has 0 aliphatic heterocycles. The van der Waals surface area contributed by atoms with Crippen LogP contribution in [0.1, 0.15) is 83.4 Å². The van der Waals surface area contributed by atoms with Crippen LogP contribution >= 0.6 is 0 Å². The molecule has 1 amide bonds. The molecule has 3 aromatic rings. The minimum absolute atomic E-state index is 0.138. The fraction of sp³-hybridized carbons (Fsp3) is 0.367. The Morgan fingerprint density at radius 3 is 2.78 bits per heavy atom. The van der Waals surface area contributed by atoms with Crippen molar-refractivity contribution >= 4 is 16.9 Å². The second-order valence-electron chi connectivity index (χ2n) is 9.90. The van der Waals surface area contributed by atoms with E-state index < -0.39 is 6.29 Å². The number of fused-ring (bicyclic) bond motifs is 2. The smallest absolute Gasteiger partial charge is 0.251 e. The number of allylic oxidation sites excluding steroid dienone is 4. The van der Waals surface area contributed by atoms with Gasteiger partial charge in [0.1, 0.15) is 5.82 Å². The van der Waals surface area contributed by atoms with Crippen molar-refractivity contribution in [2.75, 3.05) is 0 Å². The lowest BCUT2D eigenvalue weighted by molar-refractivity contribution is -0.0465. The van der Waals surface area contributed by atoms with Gasteiger partial charge in [-0.25, -0.2) is 14.4 Å². The van der Waals surface area contributed by atoms with Gasteiger partial charge in [-0.1, -0.05) is 30.4 Å². The van der Waals surface area contributed by atoms with Crippen molar-refractivity contribution in [1.29, 1.82) is 0 Å². The quantitative estimate of drug-likeness (QED) is 0.291. The minimum Gasteiger partial charge on any atom is -0.368 e. The molecular formula is C30H32FN3O3. The lowest BCUT2D eigenvalue weighted by Crippen LogP contribution is -2.31. The molecule has 2 aromatic carbocycles. The van der Waals surface area contributed by atoms with Crippen molar-refractivity contribution in [2.45, 2.75) is 69.6 Å². The van der Waals surface area contributed by atoms with E-state index in [0.29, 0.717) is 30.3 Å². The number of aromatic nitrogens is 2. The van der Waals surface area contributed by atoms with E-state index in [-0.39, 0.29) is 23.7 Å². The third-order valence-electron chi connectivity index (χ3n) is 7.21. The van der Waals surface area contributed by atoms with Gasteiger partial charge in [-0.15, -0.1) is 0 Å². The molecule has 0 radical (unpaired) electrons. The molecule has 0 saturated carbocycles. The summed E-state index contributed by atoms with van der Waals surface area (Å²) in [5.74, 6) is -0.297. The third kappa shape index (κ3) is 5.95. The van der Waals surface area contributed by atoms with Crippen molar-refractivity contribution < 1.29 is 19.4 Å². The Morgan fingerprint density at radius 1 is 1.08 bits per heavy atom. The minimum atomic E-state index is -1.30. The maximum Gasteiger partial charge on any atom is 0.251 e. The predicted octanol–water partition coefficient (Wildman–Crippen LogP) is 5.20. The Kier molecular flexibility index (Phi) is 7.72. The normalized spacial score (nSPS) is 18.8. The number of nitrogens with one attached hydrogen (secondary N) is 1. The Balaban J connectivity index is 1.39. The van der Waals surface area contributed by atoms with E-state index in [9.17, 15) is 19.4 Å². The summed E-state index contributed by atoms with van der Waals surface area (Å²) in [6.07, 6.45) is 12.8. The van der Waals surface area contributed by atoms with E-state index in [0.717, 1.165) is 60.1 Å². The topological polar surface area (TPSA) is 95.3 Å². The number of unbranched alkanes of at least 4 members (excludes halogenated alkanes) is 1. The van der Waals surface area contributed by atoms with Crippen LogP contribution in [0.2, 0.25) is 0 Å². The van der Waals surface area contributed by atoms with Crippen molar-refractivity contribution in [3.05, 3.63) is 94.6 Å². The van der Waals surface area contributed by atoms with Gasteiger partial charge in [-0.2, -0.15) is 0 Å². The van der Waals surface area contributed by atoms with Gasteiger partial charge in [0.2, 0.25) is 0 Å². The van der Waals surface area contributed by atoms with Crippen molar-refractivity contribution in [3.63, 3.8) is 0 Å². The van der Waals surface area contributed by atoms with E-state index in [1.165, 1.54) is 6.07 Å². The second-order valence-corrected chi connectivity index (χ2v) is 9.90. The molecule has 0 fully saturated rings. The Morgan fingerprint density at radius 2 is 1.97 bits per heavy atom. The number of halogens is 1. The molecule has 0 saturated heterocycles. The van der Waals surface area contributed by atoms with Gasteiger partial charge < -0.3 is 15.5 Å². The summed E-state index contributed by atoms with van der Waals surface area (Å²) in [6.45, 7) is 0. The van der Waals surface area contributed by atoms with E-state index >= 15 is 0 Å². The molecule has 2 aliphatic carbocycles. The van der Waals surface area contributed by atoms with Crippen molar-refractivity contribution in [1.82, 2.24) is 15.3 Å². The summed E-state index contributed by atoms with van der Waals surface area (Å²) in [6, 6.07) is 10.1. The lowest BCUT2D eigenvalue weighted by atomic mass is 9.87. The van der Waals surface area contributed by atoms with Gasteiger partial charge >= 0.3 is 0 Å². The van der Waals surface area contributed by atoms with Crippen LogP contribution in [-0.4, -0.2) is 32.4 Å².